The lowest BCUT2D eigenvalue weighted by molar-refractivity contribution is 0.0949. The number of para-hydroxylation sites is 2. The number of aromatic nitrogens is 2. The van der Waals surface area contributed by atoms with Crippen molar-refractivity contribution >= 4 is 28.5 Å². The summed E-state index contributed by atoms with van der Waals surface area (Å²) in [6, 6.07) is 21.5. The minimum Gasteiger partial charge on any atom is -0.492 e. The summed E-state index contributed by atoms with van der Waals surface area (Å²) in [5.41, 5.74) is 2.15. The molecule has 4 aromatic rings. The van der Waals surface area contributed by atoms with E-state index in [9.17, 15) is 9.18 Å². The van der Waals surface area contributed by atoms with Crippen molar-refractivity contribution in [2.75, 3.05) is 13.2 Å². The van der Waals surface area contributed by atoms with E-state index in [1.165, 1.54) is 12.1 Å². The monoisotopic (exact) mass is 479 g/mol. The minimum atomic E-state index is -0.501. The number of ether oxygens (including phenoxy) is 1. The van der Waals surface area contributed by atoms with Crippen molar-refractivity contribution in [1.82, 2.24) is 14.9 Å². The molecule has 0 radical (unpaired) electrons. The molecule has 1 aromatic heterocycles. The van der Waals surface area contributed by atoms with Crippen LogP contribution in [0.5, 0.6) is 5.75 Å². The summed E-state index contributed by atoms with van der Waals surface area (Å²) in [5.74, 6) is 0.934. The van der Waals surface area contributed by atoms with Crippen molar-refractivity contribution in [2.24, 2.45) is 0 Å². The van der Waals surface area contributed by atoms with E-state index in [1.54, 1.807) is 12.1 Å². The molecule has 1 amide bonds. The van der Waals surface area contributed by atoms with Gasteiger partial charge in [-0.25, -0.2) is 9.37 Å². The summed E-state index contributed by atoms with van der Waals surface area (Å²) >= 11 is 5.94. The molecule has 0 saturated carbocycles. The molecular weight excluding hydrogens is 453 g/mol. The lowest BCUT2D eigenvalue weighted by Crippen LogP contribution is -2.25. The highest BCUT2D eigenvalue weighted by Crippen LogP contribution is 2.19. The summed E-state index contributed by atoms with van der Waals surface area (Å²) in [6.07, 6.45) is 3.52. The van der Waals surface area contributed by atoms with Crippen LogP contribution in [0.25, 0.3) is 11.0 Å². The maximum atomic E-state index is 13.7. The maximum absolute atomic E-state index is 13.7. The van der Waals surface area contributed by atoms with Gasteiger partial charge in [0.1, 0.15) is 24.0 Å². The van der Waals surface area contributed by atoms with E-state index in [1.807, 2.05) is 42.5 Å². The lowest BCUT2D eigenvalue weighted by Gasteiger charge is -2.11. The molecule has 0 saturated heterocycles. The third-order valence-corrected chi connectivity index (χ3v) is 5.86. The van der Waals surface area contributed by atoms with Crippen molar-refractivity contribution in [3.63, 3.8) is 0 Å². The summed E-state index contributed by atoms with van der Waals surface area (Å²) in [7, 11) is 0. The van der Waals surface area contributed by atoms with Crippen LogP contribution in [0, 0.1) is 5.82 Å². The Kier molecular flexibility index (Phi) is 8.15. The molecule has 0 aliphatic carbocycles. The molecule has 7 heteroatoms. The highest BCUT2D eigenvalue weighted by Gasteiger charge is 2.12. The molecule has 1 N–H and O–H groups in total. The molecule has 3 aromatic carbocycles. The molecule has 34 heavy (non-hydrogen) atoms. The van der Waals surface area contributed by atoms with E-state index in [0.717, 1.165) is 48.3 Å². The van der Waals surface area contributed by atoms with E-state index < -0.39 is 5.82 Å². The topological polar surface area (TPSA) is 56.2 Å². The highest BCUT2D eigenvalue weighted by atomic mass is 35.5. The van der Waals surface area contributed by atoms with Gasteiger partial charge in [-0.05, 0) is 61.4 Å². The number of aryl methyl sites for hydroxylation is 1. The average molecular weight is 480 g/mol. The first-order valence-electron chi connectivity index (χ1n) is 11.5. The minimum absolute atomic E-state index is 0.0806. The molecule has 0 unspecified atom stereocenters. The van der Waals surface area contributed by atoms with Crippen molar-refractivity contribution in [2.45, 2.75) is 32.2 Å². The number of unbranched alkanes of at least 4 members (excludes halogenated alkanes) is 2. The number of rotatable bonds is 11. The number of imidazole rings is 1. The number of carbonyl (C=O) groups excluding carboxylic acids is 1. The molecule has 4 rings (SSSR count). The van der Waals surface area contributed by atoms with Crippen LogP contribution in [0.15, 0.2) is 72.8 Å². The maximum Gasteiger partial charge on any atom is 0.254 e. The van der Waals surface area contributed by atoms with Gasteiger partial charge < -0.3 is 14.6 Å². The van der Waals surface area contributed by atoms with Gasteiger partial charge in [-0.15, -0.1) is 0 Å². The van der Waals surface area contributed by atoms with Gasteiger partial charge in [-0.3, -0.25) is 4.79 Å². The molecule has 0 aliphatic rings. The Morgan fingerprint density at radius 3 is 2.56 bits per heavy atom. The smallest absolute Gasteiger partial charge is 0.254 e. The van der Waals surface area contributed by atoms with Crippen LogP contribution in [-0.2, 0) is 13.0 Å². The second-order valence-electron chi connectivity index (χ2n) is 8.02. The van der Waals surface area contributed by atoms with E-state index in [-0.39, 0.29) is 11.5 Å². The molecule has 0 atom stereocenters. The van der Waals surface area contributed by atoms with E-state index in [2.05, 4.69) is 16.0 Å². The molecule has 176 valence electrons. The predicted molar refractivity (Wildman–Crippen MR) is 133 cm³/mol. The van der Waals surface area contributed by atoms with E-state index in [4.69, 9.17) is 21.3 Å². The molecular formula is C27H27ClFN3O2. The summed E-state index contributed by atoms with van der Waals surface area (Å²) in [5, 5.41) is 3.48. The highest BCUT2D eigenvalue weighted by molar-refractivity contribution is 6.30. The Bertz CT molecular complexity index is 1240. The molecule has 5 nitrogen and oxygen atoms in total. The number of nitrogens with one attached hydrogen (secondary N) is 1. The van der Waals surface area contributed by atoms with Gasteiger partial charge in [0.15, 0.2) is 0 Å². The first-order valence-corrected chi connectivity index (χ1v) is 11.8. The van der Waals surface area contributed by atoms with Crippen LogP contribution < -0.4 is 10.1 Å². The fraction of sp³-hybridized carbons (Fsp3) is 0.259. The van der Waals surface area contributed by atoms with Gasteiger partial charge in [0.2, 0.25) is 0 Å². The molecule has 1 heterocycles. The number of hydrogen-bond acceptors (Lipinski definition) is 3. The van der Waals surface area contributed by atoms with E-state index in [0.29, 0.717) is 24.7 Å². The van der Waals surface area contributed by atoms with Gasteiger partial charge in [0.25, 0.3) is 5.91 Å². The van der Waals surface area contributed by atoms with Crippen LogP contribution in [0.3, 0.4) is 0 Å². The number of nitrogens with zero attached hydrogens (tertiary/aromatic N) is 2. The fourth-order valence-electron chi connectivity index (χ4n) is 3.88. The quantitative estimate of drug-likeness (QED) is 0.266. The second-order valence-corrected chi connectivity index (χ2v) is 8.45. The lowest BCUT2D eigenvalue weighted by atomic mass is 10.1. The second kappa shape index (κ2) is 11.7. The average Bonchev–Trinajstić information content (AvgIpc) is 3.20. The zero-order valence-electron chi connectivity index (χ0n) is 18.8. The van der Waals surface area contributed by atoms with Crippen molar-refractivity contribution in [1.29, 1.82) is 0 Å². The number of halogens is 2. The van der Waals surface area contributed by atoms with Gasteiger partial charge in [0.05, 0.1) is 23.1 Å². The van der Waals surface area contributed by atoms with Crippen LogP contribution in [0.4, 0.5) is 4.39 Å². The third-order valence-electron chi connectivity index (χ3n) is 5.61. The van der Waals surface area contributed by atoms with Crippen molar-refractivity contribution < 1.29 is 13.9 Å². The Balaban J connectivity index is 1.27. The zero-order valence-corrected chi connectivity index (χ0v) is 19.6. The van der Waals surface area contributed by atoms with Crippen molar-refractivity contribution in [3.05, 3.63) is 95.0 Å². The normalized spacial score (nSPS) is 11.0. The first kappa shape index (κ1) is 23.8. The van der Waals surface area contributed by atoms with Crippen LogP contribution in [0.2, 0.25) is 5.02 Å². The largest absolute Gasteiger partial charge is 0.492 e. The molecule has 0 bridgehead atoms. The van der Waals surface area contributed by atoms with Crippen LogP contribution in [-0.4, -0.2) is 28.6 Å². The Morgan fingerprint density at radius 2 is 1.74 bits per heavy atom. The van der Waals surface area contributed by atoms with Gasteiger partial charge >= 0.3 is 0 Å². The van der Waals surface area contributed by atoms with Crippen LogP contribution in [0.1, 0.15) is 35.4 Å². The first-order chi connectivity index (χ1) is 16.6. The zero-order chi connectivity index (χ0) is 23.8. The molecule has 0 spiro atoms. The number of benzene rings is 3. The van der Waals surface area contributed by atoms with Crippen molar-refractivity contribution in [3.8, 4) is 5.75 Å². The Hall–Kier alpha value is -3.38. The SMILES string of the molecule is O=C(NCCCCCc1nc2ccccc2n1CCOc1ccc(Cl)cc1)c1ccccc1F. The molecule has 0 aliphatic heterocycles. The summed E-state index contributed by atoms with van der Waals surface area (Å²) in [6.45, 7) is 1.73. The number of fused-ring (bicyclic) bond motifs is 1. The standard InChI is InChI=1S/C27H27ClFN3O2/c28-20-13-15-21(16-14-20)34-19-18-32-25-11-6-5-10-24(25)31-26(32)12-2-1-7-17-30-27(33)22-8-3-4-9-23(22)29/h3-6,8-11,13-16H,1-2,7,12,17-19H2,(H,30,33). The third kappa shape index (κ3) is 6.14. The fourth-order valence-corrected chi connectivity index (χ4v) is 4.00. The number of hydrogen-bond donors (Lipinski definition) is 1. The molecule has 0 fully saturated rings. The number of carbonyl (C=O) groups is 1. The number of amides is 1. The Morgan fingerprint density at radius 1 is 0.971 bits per heavy atom. The van der Waals surface area contributed by atoms with E-state index >= 15 is 0 Å². The van der Waals surface area contributed by atoms with Crippen LogP contribution >= 0.6 is 11.6 Å². The van der Waals surface area contributed by atoms with Gasteiger partial charge in [0, 0.05) is 18.0 Å². The summed E-state index contributed by atoms with van der Waals surface area (Å²) in [4.78, 5) is 16.9. The Labute approximate surface area is 203 Å². The summed E-state index contributed by atoms with van der Waals surface area (Å²) < 4.78 is 21.8. The van der Waals surface area contributed by atoms with Gasteiger partial charge in [-0.1, -0.05) is 42.3 Å². The predicted octanol–water partition coefficient (Wildman–Crippen LogP) is 6.05. The van der Waals surface area contributed by atoms with Gasteiger partial charge in [-0.2, -0.15) is 0 Å².